The fraction of sp³-hybridized carbons (Fsp3) is 0.667. The molecular formula is C12H18N2O4S2. The first-order chi connectivity index (χ1) is 9.23. The molecule has 1 atom stereocenters. The average molecular weight is 318 g/mol. The normalized spacial score (nSPS) is 21.8. The van der Waals surface area contributed by atoms with Crippen molar-refractivity contribution in [1.29, 1.82) is 0 Å². The van der Waals surface area contributed by atoms with Crippen LogP contribution in [0.15, 0.2) is 5.38 Å². The molecule has 1 unspecified atom stereocenters. The summed E-state index contributed by atoms with van der Waals surface area (Å²) in [6.07, 6.45) is 1.39. The molecule has 112 valence electrons. The average Bonchev–Trinajstić information content (AvgIpc) is 2.93. The number of hydrogen-bond acceptors (Lipinski definition) is 6. The molecule has 1 aliphatic heterocycles. The Morgan fingerprint density at radius 1 is 1.60 bits per heavy atom. The molecule has 1 aromatic rings. The summed E-state index contributed by atoms with van der Waals surface area (Å²) >= 11 is 1.30. The van der Waals surface area contributed by atoms with Crippen molar-refractivity contribution in [2.75, 3.05) is 17.6 Å². The van der Waals surface area contributed by atoms with Gasteiger partial charge in [-0.25, -0.2) is 13.4 Å². The van der Waals surface area contributed by atoms with Gasteiger partial charge in [-0.2, -0.15) is 0 Å². The van der Waals surface area contributed by atoms with Gasteiger partial charge in [-0.3, -0.25) is 4.79 Å². The first-order valence-corrected chi connectivity index (χ1v) is 8.98. The fourth-order valence-electron chi connectivity index (χ4n) is 2.04. The Hall–Kier alpha value is -1.15. The molecule has 2 heterocycles. The Balaban J connectivity index is 2.02. The standard InChI is InChI=1S/C12H18N2O4S2/c1-12(2,10(15)16)9-7-19-11(14-9)13-6-8-4-3-5-20(8,17)18/h7-8H,3-6H2,1-2H3,(H,13,14)(H,15,16). The molecule has 0 aliphatic carbocycles. The molecule has 0 bridgehead atoms. The largest absolute Gasteiger partial charge is 0.481 e. The molecule has 2 N–H and O–H groups in total. The summed E-state index contributed by atoms with van der Waals surface area (Å²) in [5.41, 5.74) is -0.567. The zero-order valence-electron chi connectivity index (χ0n) is 11.4. The predicted molar refractivity (Wildman–Crippen MR) is 78.1 cm³/mol. The molecule has 20 heavy (non-hydrogen) atoms. The molecule has 8 heteroatoms. The second kappa shape index (κ2) is 5.33. The summed E-state index contributed by atoms with van der Waals surface area (Å²) in [7, 11) is -2.97. The summed E-state index contributed by atoms with van der Waals surface area (Å²) in [6, 6.07) is 0. The first-order valence-electron chi connectivity index (χ1n) is 6.38. The highest BCUT2D eigenvalue weighted by Gasteiger charge is 2.33. The van der Waals surface area contributed by atoms with Crippen LogP contribution in [0.25, 0.3) is 0 Å². The van der Waals surface area contributed by atoms with Gasteiger partial charge in [0.15, 0.2) is 15.0 Å². The van der Waals surface area contributed by atoms with E-state index >= 15 is 0 Å². The Labute approximate surface area is 122 Å². The topological polar surface area (TPSA) is 96.4 Å². The number of nitrogens with one attached hydrogen (secondary N) is 1. The summed E-state index contributed by atoms with van der Waals surface area (Å²) in [5.74, 6) is -0.679. The van der Waals surface area contributed by atoms with Crippen LogP contribution in [0.2, 0.25) is 0 Å². The third-order valence-electron chi connectivity index (χ3n) is 3.62. The number of carbonyl (C=O) groups is 1. The van der Waals surface area contributed by atoms with Gasteiger partial charge in [0.25, 0.3) is 0 Å². The zero-order chi connectivity index (χ0) is 15.0. The number of aromatic nitrogens is 1. The van der Waals surface area contributed by atoms with Crippen molar-refractivity contribution in [2.45, 2.75) is 37.4 Å². The summed E-state index contributed by atoms with van der Waals surface area (Å²) in [5, 5.41) is 14.1. The molecule has 1 aromatic heterocycles. The van der Waals surface area contributed by atoms with Crippen LogP contribution >= 0.6 is 11.3 Å². The van der Waals surface area contributed by atoms with Gasteiger partial charge in [-0.1, -0.05) is 0 Å². The van der Waals surface area contributed by atoms with Crippen LogP contribution in [0.1, 0.15) is 32.4 Å². The molecule has 0 spiro atoms. The first kappa shape index (κ1) is 15.2. The van der Waals surface area contributed by atoms with Gasteiger partial charge in [0.05, 0.1) is 16.7 Å². The number of aliphatic carboxylic acids is 1. The number of carboxylic acid groups (broad SMARTS) is 1. The van der Waals surface area contributed by atoms with E-state index in [2.05, 4.69) is 10.3 Å². The molecule has 0 amide bonds. The van der Waals surface area contributed by atoms with Gasteiger partial charge in [0.1, 0.15) is 5.41 Å². The van der Waals surface area contributed by atoms with Crippen LogP contribution in [0.5, 0.6) is 0 Å². The second-order valence-electron chi connectivity index (χ2n) is 5.48. The van der Waals surface area contributed by atoms with E-state index in [9.17, 15) is 13.2 Å². The Morgan fingerprint density at radius 2 is 2.30 bits per heavy atom. The summed E-state index contributed by atoms with van der Waals surface area (Å²) in [6.45, 7) is 3.52. The zero-order valence-corrected chi connectivity index (χ0v) is 13.1. The molecule has 2 rings (SSSR count). The fourth-order valence-corrected chi connectivity index (χ4v) is 4.69. The maximum Gasteiger partial charge on any atom is 0.315 e. The number of carboxylic acids is 1. The Kier molecular flexibility index (Phi) is 4.06. The number of thiazole rings is 1. The van der Waals surface area contributed by atoms with E-state index in [4.69, 9.17) is 5.11 Å². The van der Waals surface area contributed by atoms with Crippen molar-refractivity contribution < 1.29 is 18.3 Å². The van der Waals surface area contributed by atoms with Gasteiger partial charge in [0, 0.05) is 11.9 Å². The Morgan fingerprint density at radius 3 is 2.85 bits per heavy atom. The van der Waals surface area contributed by atoms with Gasteiger partial charge in [-0.15, -0.1) is 11.3 Å². The number of sulfone groups is 1. The van der Waals surface area contributed by atoms with Gasteiger partial charge >= 0.3 is 5.97 Å². The molecule has 1 saturated heterocycles. The van der Waals surface area contributed by atoms with Gasteiger partial charge < -0.3 is 10.4 Å². The smallest absolute Gasteiger partial charge is 0.315 e. The van der Waals surface area contributed by atoms with Crippen LogP contribution in [-0.4, -0.2) is 42.0 Å². The molecule has 1 aliphatic rings. The molecule has 0 aromatic carbocycles. The minimum atomic E-state index is -2.97. The van der Waals surface area contributed by atoms with Crippen molar-refractivity contribution in [1.82, 2.24) is 4.98 Å². The van der Waals surface area contributed by atoms with Crippen LogP contribution in [0.4, 0.5) is 5.13 Å². The lowest BCUT2D eigenvalue weighted by Crippen LogP contribution is -2.29. The second-order valence-corrected chi connectivity index (χ2v) is 8.74. The summed E-state index contributed by atoms with van der Waals surface area (Å²) < 4.78 is 23.4. The van der Waals surface area contributed by atoms with Crippen molar-refractivity contribution >= 4 is 32.3 Å². The number of hydrogen-bond donors (Lipinski definition) is 2. The molecular weight excluding hydrogens is 300 g/mol. The molecule has 6 nitrogen and oxygen atoms in total. The monoisotopic (exact) mass is 318 g/mol. The number of nitrogens with zero attached hydrogens (tertiary/aromatic N) is 1. The van der Waals surface area contributed by atoms with Crippen molar-refractivity contribution in [3.05, 3.63) is 11.1 Å². The Bertz CT molecular complexity index is 607. The summed E-state index contributed by atoms with van der Waals surface area (Å²) in [4.78, 5) is 15.4. The van der Waals surface area contributed by atoms with Crippen molar-refractivity contribution in [3.63, 3.8) is 0 Å². The van der Waals surface area contributed by atoms with E-state index in [0.717, 1.165) is 0 Å². The van der Waals surface area contributed by atoms with Crippen LogP contribution in [0.3, 0.4) is 0 Å². The van der Waals surface area contributed by atoms with Crippen LogP contribution in [0, 0.1) is 0 Å². The highest BCUT2D eigenvalue weighted by Crippen LogP contribution is 2.28. The third kappa shape index (κ3) is 2.95. The lowest BCUT2D eigenvalue weighted by Gasteiger charge is -2.15. The van der Waals surface area contributed by atoms with Gasteiger partial charge in [0.2, 0.25) is 0 Å². The highest BCUT2D eigenvalue weighted by atomic mass is 32.2. The maximum absolute atomic E-state index is 11.7. The van der Waals surface area contributed by atoms with Gasteiger partial charge in [-0.05, 0) is 26.7 Å². The quantitative estimate of drug-likeness (QED) is 0.854. The predicted octanol–water partition coefficient (Wildman–Crippen LogP) is 1.49. The van der Waals surface area contributed by atoms with Crippen LogP contribution in [-0.2, 0) is 20.0 Å². The van der Waals surface area contributed by atoms with E-state index in [1.807, 2.05) is 0 Å². The maximum atomic E-state index is 11.7. The van der Waals surface area contributed by atoms with E-state index < -0.39 is 21.2 Å². The molecule has 0 saturated carbocycles. The van der Waals surface area contributed by atoms with E-state index in [1.165, 1.54) is 11.3 Å². The molecule has 1 fully saturated rings. The SMILES string of the molecule is CC(C)(C(=O)O)c1csc(NCC2CCCS2(=O)=O)n1. The van der Waals surface area contributed by atoms with E-state index in [1.54, 1.807) is 19.2 Å². The minimum Gasteiger partial charge on any atom is -0.481 e. The molecule has 0 radical (unpaired) electrons. The van der Waals surface area contributed by atoms with Crippen LogP contribution < -0.4 is 5.32 Å². The number of anilines is 1. The lowest BCUT2D eigenvalue weighted by atomic mass is 9.90. The van der Waals surface area contributed by atoms with E-state index in [-0.39, 0.29) is 11.0 Å². The number of rotatable bonds is 5. The lowest BCUT2D eigenvalue weighted by molar-refractivity contribution is -0.142. The van der Waals surface area contributed by atoms with Crippen molar-refractivity contribution in [3.8, 4) is 0 Å². The third-order valence-corrected chi connectivity index (χ3v) is 6.70. The van der Waals surface area contributed by atoms with Crippen molar-refractivity contribution in [2.24, 2.45) is 0 Å². The minimum absolute atomic E-state index is 0.258. The highest BCUT2D eigenvalue weighted by molar-refractivity contribution is 7.92. The van der Waals surface area contributed by atoms with E-state index in [0.29, 0.717) is 30.2 Å².